The minimum Gasteiger partial charge on any atom is -0.375 e. The molecule has 1 saturated heterocycles. The average molecular weight is 404 g/mol. The summed E-state index contributed by atoms with van der Waals surface area (Å²) in [6.07, 6.45) is -3.96. The number of alkyl halides is 3. The van der Waals surface area contributed by atoms with Crippen LogP contribution >= 0.6 is 11.8 Å². The number of carbonyl (C=O) groups excluding carboxylic acids is 3. The van der Waals surface area contributed by atoms with Crippen molar-refractivity contribution in [2.45, 2.75) is 36.9 Å². The Hall–Kier alpha value is -2.43. The molecule has 1 aromatic carbocycles. The van der Waals surface area contributed by atoms with Gasteiger partial charge in [-0.25, -0.2) is 4.79 Å². The molecule has 1 aromatic rings. The summed E-state index contributed by atoms with van der Waals surface area (Å²) in [6.45, 7) is 2.94. The summed E-state index contributed by atoms with van der Waals surface area (Å²) >= 11 is 0.594. The monoisotopic (exact) mass is 404 g/mol. The molecule has 2 rings (SSSR count). The van der Waals surface area contributed by atoms with Gasteiger partial charge in [0, 0.05) is 10.6 Å². The summed E-state index contributed by atoms with van der Waals surface area (Å²) in [5, 5.41) is 5.82. The van der Waals surface area contributed by atoms with Crippen molar-refractivity contribution in [2.24, 2.45) is 0 Å². The Kier molecular flexibility index (Phi) is 6.24. The second-order valence-electron chi connectivity index (χ2n) is 6.04. The van der Waals surface area contributed by atoms with E-state index in [2.05, 4.69) is 16.1 Å². The molecular formula is C16H19F3N4O3S. The molecule has 1 heterocycles. The van der Waals surface area contributed by atoms with Crippen molar-refractivity contribution in [2.75, 3.05) is 17.6 Å². The second-order valence-corrected chi connectivity index (χ2v) is 7.06. The van der Waals surface area contributed by atoms with E-state index in [0.717, 1.165) is 0 Å². The number of amides is 4. The smallest absolute Gasteiger partial charge is 0.375 e. The molecule has 0 bridgehead atoms. The fourth-order valence-corrected chi connectivity index (χ4v) is 3.05. The highest BCUT2D eigenvalue weighted by molar-refractivity contribution is 7.99. The summed E-state index contributed by atoms with van der Waals surface area (Å²) in [5.74, 6) is -2.32. The summed E-state index contributed by atoms with van der Waals surface area (Å²) in [4.78, 5) is 36.4. The van der Waals surface area contributed by atoms with Crippen LogP contribution in [0.3, 0.4) is 0 Å². The number of carbonyl (C=O) groups is 3. The maximum absolute atomic E-state index is 12.4. The molecule has 1 unspecified atom stereocenters. The van der Waals surface area contributed by atoms with Crippen molar-refractivity contribution in [1.29, 1.82) is 0 Å². The summed E-state index contributed by atoms with van der Waals surface area (Å²) in [7, 11) is 0. The van der Waals surface area contributed by atoms with E-state index in [1.54, 1.807) is 26.0 Å². The largest absolute Gasteiger partial charge is 0.398 e. The van der Waals surface area contributed by atoms with Crippen LogP contribution in [0, 0.1) is 0 Å². The van der Waals surface area contributed by atoms with Gasteiger partial charge in [0.2, 0.25) is 0 Å². The first kappa shape index (κ1) is 20.9. The lowest BCUT2D eigenvalue weighted by Gasteiger charge is -2.19. The first-order valence-electron chi connectivity index (χ1n) is 8.04. The molecule has 1 aliphatic rings. The number of halogens is 3. The van der Waals surface area contributed by atoms with Gasteiger partial charge in [0.1, 0.15) is 5.54 Å². The molecule has 0 aromatic heterocycles. The molecule has 1 aliphatic heterocycles. The summed E-state index contributed by atoms with van der Waals surface area (Å²) in [5.41, 5.74) is 1.46. The molecule has 3 N–H and O–H groups in total. The third kappa shape index (κ3) is 5.28. The molecule has 0 saturated carbocycles. The fourth-order valence-electron chi connectivity index (χ4n) is 2.26. The number of imide groups is 1. The normalized spacial score (nSPS) is 19.8. The van der Waals surface area contributed by atoms with Crippen molar-refractivity contribution in [3.8, 4) is 0 Å². The van der Waals surface area contributed by atoms with Crippen LogP contribution < -0.4 is 16.1 Å². The Labute approximate surface area is 158 Å². The lowest BCUT2D eigenvalue weighted by molar-refractivity contribution is -0.138. The molecule has 4 amide bonds. The first-order valence-corrected chi connectivity index (χ1v) is 9.03. The van der Waals surface area contributed by atoms with Crippen LogP contribution in [-0.2, 0) is 9.59 Å². The van der Waals surface area contributed by atoms with Crippen LogP contribution in [0.1, 0.15) is 20.3 Å². The maximum Gasteiger partial charge on any atom is 0.398 e. The van der Waals surface area contributed by atoms with E-state index < -0.39 is 35.3 Å². The van der Waals surface area contributed by atoms with Crippen LogP contribution in [0.25, 0.3) is 0 Å². The number of rotatable bonds is 7. The molecule has 27 heavy (non-hydrogen) atoms. The average Bonchev–Trinajstić information content (AvgIpc) is 2.82. The molecule has 0 aliphatic carbocycles. The van der Waals surface area contributed by atoms with Gasteiger partial charge in [0.25, 0.3) is 11.8 Å². The van der Waals surface area contributed by atoms with Crippen molar-refractivity contribution >= 4 is 35.3 Å². The SMILES string of the molecule is CCC1(C)NC(=O)N(NC(=O)CNc2ccccc2SCC(F)(F)F)C1=O. The van der Waals surface area contributed by atoms with E-state index in [0.29, 0.717) is 33.8 Å². The number of urea groups is 1. The van der Waals surface area contributed by atoms with Gasteiger partial charge in [-0.1, -0.05) is 19.1 Å². The van der Waals surface area contributed by atoms with Crippen LogP contribution in [-0.4, -0.2) is 46.9 Å². The molecule has 11 heteroatoms. The van der Waals surface area contributed by atoms with Crippen molar-refractivity contribution in [3.63, 3.8) is 0 Å². The van der Waals surface area contributed by atoms with Gasteiger partial charge < -0.3 is 10.6 Å². The van der Waals surface area contributed by atoms with Crippen molar-refractivity contribution < 1.29 is 27.6 Å². The molecule has 0 radical (unpaired) electrons. The Morgan fingerprint density at radius 1 is 1.30 bits per heavy atom. The number of nitrogens with one attached hydrogen (secondary N) is 3. The highest BCUT2D eigenvalue weighted by Gasteiger charge is 2.47. The first-order chi connectivity index (χ1) is 12.6. The molecule has 1 fully saturated rings. The summed E-state index contributed by atoms with van der Waals surface area (Å²) in [6, 6.07) is 5.50. The third-order valence-corrected chi connectivity index (χ3v) is 5.06. The molecule has 148 valence electrons. The minimum absolute atomic E-state index is 0.330. The standard InChI is InChI=1S/C16H19F3N4O3S/c1-3-15(2)13(25)23(14(26)21-15)22-12(24)8-20-10-6-4-5-7-11(10)27-9-16(17,18)19/h4-7,20H,3,8-9H2,1-2H3,(H,21,26)(H,22,24). The van der Waals surface area contributed by atoms with E-state index in [1.807, 2.05) is 0 Å². The minimum atomic E-state index is -4.31. The number of anilines is 1. The highest BCUT2D eigenvalue weighted by Crippen LogP contribution is 2.32. The van der Waals surface area contributed by atoms with E-state index in [4.69, 9.17) is 0 Å². The van der Waals surface area contributed by atoms with Crippen LogP contribution in [0.5, 0.6) is 0 Å². The Balaban J connectivity index is 1.95. The van der Waals surface area contributed by atoms with Crippen molar-refractivity contribution in [3.05, 3.63) is 24.3 Å². The fraction of sp³-hybridized carbons (Fsp3) is 0.438. The van der Waals surface area contributed by atoms with Gasteiger partial charge in [0.15, 0.2) is 0 Å². The van der Waals surface area contributed by atoms with Crippen molar-refractivity contribution in [1.82, 2.24) is 15.8 Å². The van der Waals surface area contributed by atoms with E-state index in [-0.39, 0.29) is 6.54 Å². The Morgan fingerprint density at radius 3 is 2.56 bits per heavy atom. The molecule has 0 spiro atoms. The van der Waals surface area contributed by atoms with Gasteiger partial charge in [-0.05, 0) is 25.5 Å². The highest BCUT2D eigenvalue weighted by atomic mass is 32.2. The predicted octanol–water partition coefficient (Wildman–Crippen LogP) is 2.50. The number of nitrogens with zero attached hydrogens (tertiary/aromatic N) is 1. The maximum atomic E-state index is 12.4. The Bertz CT molecular complexity index is 744. The van der Waals surface area contributed by atoms with Gasteiger partial charge >= 0.3 is 12.2 Å². The van der Waals surface area contributed by atoms with Gasteiger partial charge in [0.05, 0.1) is 12.3 Å². The van der Waals surface area contributed by atoms with Gasteiger partial charge in [-0.3, -0.25) is 15.0 Å². The number of hydrogen-bond acceptors (Lipinski definition) is 5. The Morgan fingerprint density at radius 2 is 1.96 bits per heavy atom. The topological polar surface area (TPSA) is 90.5 Å². The lowest BCUT2D eigenvalue weighted by atomic mass is 10.00. The third-order valence-electron chi connectivity index (χ3n) is 3.92. The van der Waals surface area contributed by atoms with Crippen LogP contribution in [0.15, 0.2) is 29.2 Å². The number of thioether (sulfide) groups is 1. The van der Waals surface area contributed by atoms with E-state index in [1.165, 1.54) is 12.1 Å². The number of benzene rings is 1. The quantitative estimate of drug-likeness (QED) is 0.480. The predicted molar refractivity (Wildman–Crippen MR) is 93.9 cm³/mol. The number of para-hydroxylation sites is 1. The summed E-state index contributed by atoms with van der Waals surface area (Å²) < 4.78 is 37.2. The second kappa shape index (κ2) is 8.07. The van der Waals surface area contributed by atoms with Crippen LogP contribution in [0.4, 0.5) is 23.7 Å². The molecular weight excluding hydrogens is 385 g/mol. The zero-order chi connectivity index (χ0) is 20.2. The lowest BCUT2D eigenvalue weighted by Crippen LogP contribution is -2.50. The zero-order valence-electron chi connectivity index (χ0n) is 14.6. The number of hydrogen-bond donors (Lipinski definition) is 3. The zero-order valence-corrected chi connectivity index (χ0v) is 15.5. The van der Waals surface area contributed by atoms with E-state index in [9.17, 15) is 27.6 Å². The van der Waals surface area contributed by atoms with Crippen LogP contribution in [0.2, 0.25) is 0 Å². The molecule has 1 atom stereocenters. The van der Waals surface area contributed by atoms with Gasteiger partial charge in [-0.2, -0.15) is 18.2 Å². The molecule has 7 nitrogen and oxygen atoms in total. The van der Waals surface area contributed by atoms with E-state index >= 15 is 0 Å². The number of hydrazine groups is 1. The van der Waals surface area contributed by atoms with Gasteiger partial charge in [-0.15, -0.1) is 11.8 Å².